The lowest BCUT2D eigenvalue weighted by molar-refractivity contribution is -0.386. The Balaban J connectivity index is 0.000000230. The van der Waals surface area contributed by atoms with Gasteiger partial charge in [-0.25, -0.2) is 0 Å². The van der Waals surface area contributed by atoms with Gasteiger partial charge < -0.3 is 14.8 Å². The third-order valence-corrected chi connectivity index (χ3v) is 9.85. The van der Waals surface area contributed by atoms with Crippen LogP contribution in [0.2, 0.25) is 0 Å². The normalized spacial score (nSPS) is 10.6. The monoisotopic (exact) mass is 945 g/mol. The van der Waals surface area contributed by atoms with Crippen LogP contribution in [-0.4, -0.2) is 10.8 Å². The van der Waals surface area contributed by atoms with E-state index < -0.39 is 4.92 Å². The Kier molecular flexibility index (Phi) is 19.8. The molecule has 314 valence electrons. The number of amides is 1. The summed E-state index contributed by atoms with van der Waals surface area (Å²) >= 11 is 6.89. The predicted molar refractivity (Wildman–Crippen MR) is 254 cm³/mol. The van der Waals surface area contributed by atoms with Crippen molar-refractivity contribution in [3.63, 3.8) is 0 Å². The molecule has 0 spiro atoms. The highest BCUT2D eigenvalue weighted by atomic mass is 79.9. The van der Waals surface area contributed by atoms with Crippen LogP contribution in [0.4, 0.5) is 17.1 Å². The number of hydrogen-bond donors (Lipinski definition) is 1. The lowest BCUT2D eigenvalue weighted by atomic mass is 10.1. The number of allylic oxidation sites excluding steroid dienone is 4. The van der Waals surface area contributed by atoms with Crippen molar-refractivity contribution in [2.24, 2.45) is 5.18 Å². The molecule has 0 aliphatic heterocycles. The molecule has 0 saturated carbocycles. The van der Waals surface area contributed by atoms with Crippen LogP contribution in [0.15, 0.2) is 172 Å². The zero-order valence-electron chi connectivity index (χ0n) is 34.6. The zero-order chi connectivity index (χ0) is 44.0. The summed E-state index contributed by atoms with van der Waals surface area (Å²) in [5.74, 6) is 0.964. The number of benzene rings is 6. The van der Waals surface area contributed by atoms with Crippen molar-refractivity contribution in [2.45, 2.75) is 60.2 Å². The molecule has 6 aromatic carbocycles. The molecule has 6 rings (SSSR count). The number of rotatable bonds is 15. The van der Waals surface area contributed by atoms with Crippen LogP contribution in [0, 0.1) is 28.9 Å². The number of hydrogen-bond acceptors (Lipinski definition) is 7. The van der Waals surface area contributed by atoms with Gasteiger partial charge in [0.25, 0.3) is 0 Å². The van der Waals surface area contributed by atoms with Crippen LogP contribution >= 0.6 is 31.9 Å². The van der Waals surface area contributed by atoms with Gasteiger partial charge in [0.05, 0.1) is 17.0 Å². The van der Waals surface area contributed by atoms with E-state index in [1.54, 1.807) is 12.1 Å². The highest BCUT2D eigenvalue weighted by molar-refractivity contribution is 9.10. The maximum Gasteiger partial charge on any atom is 0.312 e. The van der Waals surface area contributed by atoms with Gasteiger partial charge in [0.1, 0.15) is 24.7 Å². The number of anilines is 1. The van der Waals surface area contributed by atoms with E-state index in [0.29, 0.717) is 53.4 Å². The number of aryl methyl sites for hydroxylation is 2. The Morgan fingerprint density at radius 3 is 1.64 bits per heavy atom. The molecule has 1 N–H and O–H groups in total. The molecular formula is C50H49Br2N3O6. The molecule has 1 amide bonds. The number of nitrogens with one attached hydrogen (secondary N) is 1. The number of nitrogens with zero attached hydrogens (tertiary/aromatic N) is 2. The summed E-state index contributed by atoms with van der Waals surface area (Å²) in [6, 6.07) is 42.0. The fourth-order valence-corrected chi connectivity index (χ4v) is 6.79. The Labute approximate surface area is 374 Å². The van der Waals surface area contributed by atoms with E-state index in [2.05, 4.69) is 48.4 Å². The van der Waals surface area contributed by atoms with E-state index in [1.165, 1.54) is 11.6 Å². The molecule has 61 heavy (non-hydrogen) atoms. The van der Waals surface area contributed by atoms with Gasteiger partial charge in [-0.3, -0.25) is 14.9 Å². The number of nitroso groups, excluding NO2 is 1. The second kappa shape index (κ2) is 25.5. The van der Waals surface area contributed by atoms with Gasteiger partial charge >= 0.3 is 5.69 Å². The molecule has 0 aliphatic carbocycles. The molecule has 0 fully saturated rings. The molecule has 0 saturated heterocycles. The van der Waals surface area contributed by atoms with Crippen LogP contribution in [-0.2, 0) is 37.3 Å². The highest BCUT2D eigenvalue weighted by Gasteiger charge is 2.21. The molecule has 0 atom stereocenters. The van der Waals surface area contributed by atoms with E-state index in [9.17, 15) is 19.8 Å². The van der Waals surface area contributed by atoms with E-state index in [-0.39, 0.29) is 11.6 Å². The third-order valence-electron chi connectivity index (χ3n) is 8.94. The lowest BCUT2D eigenvalue weighted by Crippen LogP contribution is -2.16. The summed E-state index contributed by atoms with van der Waals surface area (Å²) in [4.78, 5) is 33.5. The summed E-state index contributed by atoms with van der Waals surface area (Å²) < 4.78 is 13.5. The van der Waals surface area contributed by atoms with Gasteiger partial charge in [0.15, 0.2) is 0 Å². The van der Waals surface area contributed by atoms with Crippen molar-refractivity contribution >= 4 is 54.8 Å². The summed E-state index contributed by atoms with van der Waals surface area (Å²) in [7, 11) is 0. The molecule has 0 radical (unpaired) electrons. The minimum absolute atomic E-state index is 0.0233. The topological polar surface area (TPSA) is 120 Å². The molecule has 9 nitrogen and oxygen atoms in total. The maximum atomic E-state index is 12.7. The van der Waals surface area contributed by atoms with Gasteiger partial charge in [-0.05, 0) is 92.7 Å². The zero-order valence-corrected chi connectivity index (χ0v) is 37.8. The van der Waals surface area contributed by atoms with Gasteiger partial charge in [-0.2, -0.15) is 0 Å². The Bertz CT molecular complexity index is 2390. The van der Waals surface area contributed by atoms with Crippen LogP contribution < -0.4 is 14.8 Å². The van der Waals surface area contributed by atoms with E-state index in [4.69, 9.17) is 9.47 Å². The van der Waals surface area contributed by atoms with E-state index in [1.807, 2.05) is 161 Å². The quantitative estimate of drug-likeness (QED) is 0.0474. The SMILES string of the molecule is C/C=C/Cc1cc(Br)cc(NC(=O)Cc2ccc(C)cc2)c1OCc1ccccc1.C/C=C/Cc1cc(Br)cc([N+](=O)[O-])c1OCc1ccccc1.Cc1ccc(N=O)cc1. The Morgan fingerprint density at radius 1 is 0.672 bits per heavy atom. The van der Waals surface area contributed by atoms with Crippen molar-refractivity contribution in [2.75, 3.05) is 5.32 Å². The molecule has 0 heterocycles. The predicted octanol–water partition coefficient (Wildman–Crippen LogP) is 14.1. The van der Waals surface area contributed by atoms with Crippen LogP contribution in [0.5, 0.6) is 11.5 Å². The van der Waals surface area contributed by atoms with Crippen LogP contribution in [0.1, 0.15) is 52.8 Å². The van der Waals surface area contributed by atoms with Gasteiger partial charge in [-0.1, -0.05) is 164 Å². The summed E-state index contributed by atoms with van der Waals surface area (Å²) in [5, 5.41) is 17.1. The standard InChI is InChI=1S/C26H26BrNO2.C17H16BrNO3.C7H7NO/c1-3-4-10-22-16-23(27)17-24(26(22)30-18-21-8-6-5-7-9-21)28-25(29)15-20-13-11-19(2)12-14-20;1-2-3-9-14-10-15(18)11-16(19(20)21)17(14)22-12-13-7-5-4-6-8-13;1-6-2-4-7(8-9)5-3-6/h3-9,11-14,16-17H,10,15,18H2,1-2H3,(H,28,29);2-8,10-11H,9,12H2,1H3;2-5H,1H3/b4-3+;3-2+;. The van der Waals surface area contributed by atoms with Crippen LogP contribution in [0.25, 0.3) is 0 Å². The average Bonchev–Trinajstić information content (AvgIpc) is 3.26. The first kappa shape index (κ1) is 47.5. The number of halogens is 2. The van der Waals surface area contributed by atoms with Crippen molar-refractivity contribution in [3.8, 4) is 11.5 Å². The minimum Gasteiger partial charge on any atom is -0.486 e. The first-order valence-electron chi connectivity index (χ1n) is 19.6. The minimum atomic E-state index is -0.412. The Hall–Kier alpha value is -6.17. The summed E-state index contributed by atoms with van der Waals surface area (Å²) in [6.45, 7) is 8.64. The van der Waals surface area contributed by atoms with Crippen molar-refractivity contribution < 1.29 is 19.2 Å². The van der Waals surface area contributed by atoms with Crippen molar-refractivity contribution in [1.29, 1.82) is 0 Å². The molecule has 6 aromatic rings. The third kappa shape index (κ3) is 16.4. The smallest absolute Gasteiger partial charge is 0.312 e. The van der Waals surface area contributed by atoms with Gasteiger partial charge in [-0.15, -0.1) is 4.91 Å². The summed E-state index contributed by atoms with van der Waals surface area (Å²) in [6.07, 6.45) is 9.57. The fourth-order valence-electron chi connectivity index (χ4n) is 5.79. The van der Waals surface area contributed by atoms with Crippen molar-refractivity contribution in [3.05, 3.63) is 221 Å². The molecular weight excluding hydrogens is 898 g/mol. The first-order chi connectivity index (χ1) is 29.5. The maximum absolute atomic E-state index is 12.7. The second-order valence-corrected chi connectivity index (χ2v) is 15.7. The number of ether oxygens (including phenoxy) is 2. The number of carbonyl (C=O) groups excluding carboxylic acids is 1. The van der Waals surface area contributed by atoms with Crippen LogP contribution in [0.3, 0.4) is 0 Å². The lowest BCUT2D eigenvalue weighted by Gasteiger charge is -2.17. The molecule has 0 unspecified atom stereocenters. The highest BCUT2D eigenvalue weighted by Crippen LogP contribution is 2.36. The molecule has 0 bridgehead atoms. The number of nitro benzene ring substituents is 1. The first-order valence-corrected chi connectivity index (χ1v) is 21.2. The average molecular weight is 948 g/mol. The van der Waals surface area contributed by atoms with Gasteiger partial charge in [0, 0.05) is 26.1 Å². The van der Waals surface area contributed by atoms with Crippen molar-refractivity contribution in [1.82, 2.24) is 0 Å². The Morgan fingerprint density at radius 2 is 1.15 bits per heavy atom. The van der Waals surface area contributed by atoms with E-state index in [0.717, 1.165) is 44.3 Å². The second-order valence-electron chi connectivity index (χ2n) is 13.8. The van der Waals surface area contributed by atoms with E-state index >= 15 is 0 Å². The molecule has 11 heteroatoms. The largest absolute Gasteiger partial charge is 0.486 e. The molecule has 0 aliphatic rings. The number of carbonyl (C=O) groups is 1. The fraction of sp³-hybridized carbons (Fsp3) is 0.180. The molecule has 0 aromatic heterocycles. The number of nitro groups is 1. The summed E-state index contributed by atoms with van der Waals surface area (Å²) in [5.41, 5.74) is 8.29. The van der Waals surface area contributed by atoms with Gasteiger partial charge in [0.2, 0.25) is 11.7 Å².